The lowest BCUT2D eigenvalue weighted by Crippen LogP contribution is -2.25. The minimum Gasteiger partial charge on any atom is -0.472 e. The van der Waals surface area contributed by atoms with Crippen LogP contribution in [0.2, 0.25) is 0 Å². The number of rotatable bonds is 1. The maximum atomic E-state index is 9.68. The predicted octanol–water partition coefficient (Wildman–Crippen LogP) is 2.55. The van der Waals surface area contributed by atoms with Crippen LogP contribution < -0.4 is 0 Å². The maximum Gasteiger partial charge on any atom is 0.0963 e. The molecule has 1 N–H and O–H groups in total. The SMILES string of the molecule is C=C[C@@]1(C)CC[C@@H](O)c2cocc21. The first-order valence-electron chi connectivity index (χ1n) is 4.55. The normalized spacial score (nSPS) is 32.6. The van der Waals surface area contributed by atoms with E-state index in [9.17, 15) is 5.11 Å². The average Bonchev–Trinajstić information content (AvgIpc) is 2.62. The fraction of sp³-hybridized carbons (Fsp3) is 0.455. The second-order valence-electron chi connectivity index (χ2n) is 3.92. The summed E-state index contributed by atoms with van der Waals surface area (Å²) >= 11 is 0. The molecule has 0 aromatic carbocycles. The van der Waals surface area contributed by atoms with Gasteiger partial charge in [-0.3, -0.25) is 0 Å². The van der Waals surface area contributed by atoms with Gasteiger partial charge in [-0.25, -0.2) is 0 Å². The Labute approximate surface area is 77.9 Å². The summed E-state index contributed by atoms with van der Waals surface area (Å²) in [5, 5.41) is 9.68. The monoisotopic (exact) mass is 178 g/mol. The topological polar surface area (TPSA) is 33.4 Å². The smallest absolute Gasteiger partial charge is 0.0963 e. The van der Waals surface area contributed by atoms with E-state index in [0.29, 0.717) is 0 Å². The molecule has 1 aromatic rings. The molecule has 1 aromatic heterocycles. The van der Waals surface area contributed by atoms with Crippen LogP contribution in [0.5, 0.6) is 0 Å². The summed E-state index contributed by atoms with van der Waals surface area (Å²) in [6.07, 6.45) is 6.66. The van der Waals surface area contributed by atoms with Gasteiger partial charge in [-0.05, 0) is 12.8 Å². The number of fused-ring (bicyclic) bond motifs is 1. The van der Waals surface area contributed by atoms with Gasteiger partial charge in [0.25, 0.3) is 0 Å². The maximum absolute atomic E-state index is 9.68. The van der Waals surface area contributed by atoms with Crippen molar-refractivity contribution in [2.75, 3.05) is 0 Å². The molecule has 1 heterocycles. The third-order valence-corrected chi connectivity index (χ3v) is 3.05. The minimum atomic E-state index is -0.359. The molecular formula is C11H14O2. The quantitative estimate of drug-likeness (QED) is 0.670. The average molecular weight is 178 g/mol. The molecule has 2 atom stereocenters. The third kappa shape index (κ3) is 1.13. The minimum absolute atomic E-state index is 0.0262. The summed E-state index contributed by atoms with van der Waals surface area (Å²) in [5.74, 6) is 0. The van der Waals surface area contributed by atoms with Crippen molar-refractivity contribution < 1.29 is 9.52 Å². The summed E-state index contributed by atoms with van der Waals surface area (Å²) in [4.78, 5) is 0. The highest BCUT2D eigenvalue weighted by atomic mass is 16.3. The molecular weight excluding hydrogens is 164 g/mol. The fourth-order valence-electron chi connectivity index (χ4n) is 1.97. The highest BCUT2D eigenvalue weighted by molar-refractivity contribution is 5.37. The zero-order valence-electron chi connectivity index (χ0n) is 7.79. The summed E-state index contributed by atoms with van der Waals surface area (Å²) in [6, 6.07) is 0. The van der Waals surface area contributed by atoms with Gasteiger partial charge < -0.3 is 9.52 Å². The highest BCUT2D eigenvalue weighted by Crippen LogP contribution is 2.42. The molecule has 0 fully saturated rings. The van der Waals surface area contributed by atoms with E-state index in [4.69, 9.17) is 4.42 Å². The summed E-state index contributed by atoms with van der Waals surface area (Å²) in [7, 11) is 0. The molecule has 1 aliphatic rings. The van der Waals surface area contributed by atoms with E-state index in [2.05, 4.69) is 13.5 Å². The van der Waals surface area contributed by atoms with Crippen molar-refractivity contribution in [1.82, 2.24) is 0 Å². The van der Waals surface area contributed by atoms with E-state index in [1.807, 2.05) is 6.08 Å². The Kier molecular flexibility index (Phi) is 1.81. The van der Waals surface area contributed by atoms with E-state index in [1.165, 1.54) is 0 Å². The third-order valence-electron chi connectivity index (χ3n) is 3.05. The largest absolute Gasteiger partial charge is 0.472 e. The first-order chi connectivity index (χ1) is 6.17. The van der Waals surface area contributed by atoms with Crippen LogP contribution >= 0.6 is 0 Å². The van der Waals surface area contributed by atoms with Gasteiger partial charge in [-0.2, -0.15) is 0 Å². The number of aliphatic hydroxyl groups is 1. The Morgan fingerprint density at radius 2 is 2.46 bits per heavy atom. The van der Waals surface area contributed by atoms with Crippen molar-refractivity contribution in [2.24, 2.45) is 0 Å². The molecule has 2 heteroatoms. The Bertz CT molecular complexity index is 327. The van der Waals surface area contributed by atoms with Gasteiger partial charge >= 0.3 is 0 Å². The summed E-state index contributed by atoms with van der Waals surface area (Å²) in [5.41, 5.74) is 1.98. The van der Waals surface area contributed by atoms with Crippen molar-refractivity contribution in [1.29, 1.82) is 0 Å². The molecule has 0 radical (unpaired) electrons. The van der Waals surface area contributed by atoms with E-state index >= 15 is 0 Å². The van der Waals surface area contributed by atoms with Gasteiger partial charge in [-0.1, -0.05) is 13.0 Å². The second-order valence-corrected chi connectivity index (χ2v) is 3.92. The van der Waals surface area contributed by atoms with Gasteiger partial charge in [-0.15, -0.1) is 6.58 Å². The summed E-state index contributed by atoms with van der Waals surface area (Å²) in [6.45, 7) is 5.96. The van der Waals surface area contributed by atoms with E-state index < -0.39 is 0 Å². The number of aliphatic hydroxyl groups excluding tert-OH is 1. The molecule has 0 spiro atoms. The molecule has 1 aliphatic carbocycles. The van der Waals surface area contributed by atoms with Crippen LogP contribution in [0.3, 0.4) is 0 Å². The van der Waals surface area contributed by atoms with Crippen LogP contribution in [0, 0.1) is 0 Å². The van der Waals surface area contributed by atoms with E-state index in [-0.39, 0.29) is 11.5 Å². The van der Waals surface area contributed by atoms with E-state index in [1.54, 1.807) is 12.5 Å². The van der Waals surface area contributed by atoms with Crippen molar-refractivity contribution in [3.63, 3.8) is 0 Å². The van der Waals surface area contributed by atoms with Crippen LogP contribution in [-0.4, -0.2) is 5.11 Å². The summed E-state index contributed by atoms with van der Waals surface area (Å²) < 4.78 is 5.13. The van der Waals surface area contributed by atoms with Crippen molar-refractivity contribution in [3.8, 4) is 0 Å². The van der Waals surface area contributed by atoms with Gasteiger partial charge in [0.2, 0.25) is 0 Å². The number of hydrogen-bond acceptors (Lipinski definition) is 2. The first-order valence-corrected chi connectivity index (χ1v) is 4.55. The number of furan rings is 1. The Hall–Kier alpha value is -1.02. The Morgan fingerprint density at radius 3 is 3.15 bits per heavy atom. The van der Waals surface area contributed by atoms with Crippen LogP contribution in [0.25, 0.3) is 0 Å². The zero-order valence-corrected chi connectivity index (χ0v) is 7.79. The predicted molar refractivity (Wildman–Crippen MR) is 50.5 cm³/mol. The first kappa shape index (κ1) is 8.57. The Morgan fingerprint density at radius 1 is 1.69 bits per heavy atom. The standard InChI is InChI=1S/C11H14O2/c1-3-11(2)5-4-10(12)8-6-13-7-9(8)11/h3,6-7,10,12H,1,4-5H2,2H3/t10-,11+/m1/s1. The van der Waals surface area contributed by atoms with Crippen LogP contribution in [0.4, 0.5) is 0 Å². The molecule has 0 saturated heterocycles. The van der Waals surface area contributed by atoms with Crippen LogP contribution in [0.1, 0.15) is 37.0 Å². The number of hydrogen-bond donors (Lipinski definition) is 1. The van der Waals surface area contributed by atoms with Gasteiger partial charge in [0, 0.05) is 16.5 Å². The van der Waals surface area contributed by atoms with Gasteiger partial charge in [0.15, 0.2) is 0 Å². The molecule has 2 rings (SSSR count). The molecule has 13 heavy (non-hydrogen) atoms. The van der Waals surface area contributed by atoms with E-state index in [0.717, 1.165) is 24.0 Å². The highest BCUT2D eigenvalue weighted by Gasteiger charge is 2.34. The van der Waals surface area contributed by atoms with Gasteiger partial charge in [0.05, 0.1) is 18.6 Å². The lowest BCUT2D eigenvalue weighted by Gasteiger charge is -2.32. The molecule has 0 amide bonds. The van der Waals surface area contributed by atoms with Crippen molar-refractivity contribution in [2.45, 2.75) is 31.3 Å². The van der Waals surface area contributed by atoms with Crippen LogP contribution in [-0.2, 0) is 5.41 Å². The fourth-order valence-corrected chi connectivity index (χ4v) is 1.97. The Balaban J connectivity index is 2.52. The molecule has 70 valence electrons. The van der Waals surface area contributed by atoms with Crippen LogP contribution in [0.15, 0.2) is 29.6 Å². The second kappa shape index (κ2) is 2.74. The molecule has 0 saturated carbocycles. The lowest BCUT2D eigenvalue weighted by atomic mass is 9.72. The molecule has 0 unspecified atom stereocenters. The van der Waals surface area contributed by atoms with Gasteiger partial charge in [0.1, 0.15) is 0 Å². The molecule has 0 bridgehead atoms. The molecule has 0 aliphatic heterocycles. The number of allylic oxidation sites excluding steroid dienone is 1. The van der Waals surface area contributed by atoms with Crippen molar-refractivity contribution in [3.05, 3.63) is 36.3 Å². The van der Waals surface area contributed by atoms with Crippen molar-refractivity contribution >= 4 is 0 Å². The zero-order chi connectivity index (χ0) is 9.47. The lowest BCUT2D eigenvalue weighted by molar-refractivity contribution is 0.144. The molecule has 2 nitrogen and oxygen atoms in total.